The molecule has 0 amide bonds. The van der Waals surface area contributed by atoms with Gasteiger partial charge in [-0.25, -0.2) is 4.98 Å². The fraction of sp³-hybridized carbons (Fsp3) is 0.357. The van der Waals surface area contributed by atoms with Crippen molar-refractivity contribution in [3.8, 4) is 17.8 Å². The monoisotopic (exact) mass is 254 g/mol. The lowest BCUT2D eigenvalue weighted by molar-refractivity contribution is 0.437. The van der Waals surface area contributed by atoms with Gasteiger partial charge in [0.15, 0.2) is 0 Å². The molecule has 3 rings (SSSR count). The summed E-state index contributed by atoms with van der Waals surface area (Å²) < 4.78 is 5.61. The Balaban J connectivity index is 1.98. The summed E-state index contributed by atoms with van der Waals surface area (Å²) in [4.78, 5) is 4.49. The second-order valence-corrected chi connectivity index (χ2v) is 4.76. The third kappa shape index (κ3) is 2.29. The summed E-state index contributed by atoms with van der Waals surface area (Å²) in [5, 5.41) is 16.0. The van der Waals surface area contributed by atoms with Crippen LogP contribution >= 0.6 is 0 Å². The molecule has 0 fully saturated rings. The molecule has 0 radical (unpaired) electrons. The Morgan fingerprint density at radius 1 is 1.32 bits per heavy atom. The SMILES string of the molecule is Cc1cc(Oc2nc3c(cc2C#N)CCCC3)n[nH]1. The highest BCUT2D eigenvalue weighted by molar-refractivity contribution is 5.44. The minimum Gasteiger partial charge on any atom is -0.418 e. The molecule has 5 heteroatoms. The van der Waals surface area contributed by atoms with E-state index in [1.165, 1.54) is 5.56 Å². The molecular formula is C14H14N4O. The zero-order valence-electron chi connectivity index (χ0n) is 10.7. The van der Waals surface area contributed by atoms with E-state index < -0.39 is 0 Å². The molecular weight excluding hydrogens is 240 g/mol. The maximum atomic E-state index is 9.21. The molecule has 0 bridgehead atoms. The molecule has 2 aromatic heterocycles. The van der Waals surface area contributed by atoms with Crippen LogP contribution in [0.2, 0.25) is 0 Å². The molecule has 1 aliphatic rings. The summed E-state index contributed by atoms with van der Waals surface area (Å²) in [7, 11) is 0. The molecule has 5 nitrogen and oxygen atoms in total. The number of aromatic nitrogens is 3. The van der Waals surface area contributed by atoms with Crippen LogP contribution in [-0.2, 0) is 12.8 Å². The molecule has 96 valence electrons. The topological polar surface area (TPSA) is 74.6 Å². The third-order valence-corrected chi connectivity index (χ3v) is 3.27. The first kappa shape index (κ1) is 11.7. The number of nitrogens with one attached hydrogen (secondary N) is 1. The van der Waals surface area contributed by atoms with Gasteiger partial charge in [-0.1, -0.05) is 0 Å². The van der Waals surface area contributed by atoms with E-state index in [9.17, 15) is 5.26 Å². The van der Waals surface area contributed by atoms with Crippen molar-refractivity contribution in [1.82, 2.24) is 15.2 Å². The molecule has 0 saturated heterocycles. The van der Waals surface area contributed by atoms with Crippen LogP contribution in [0.25, 0.3) is 0 Å². The minimum atomic E-state index is 0.356. The van der Waals surface area contributed by atoms with Crippen LogP contribution in [-0.4, -0.2) is 15.2 Å². The van der Waals surface area contributed by atoms with E-state index in [1.807, 2.05) is 13.0 Å². The smallest absolute Gasteiger partial charge is 0.240 e. The fourth-order valence-electron chi connectivity index (χ4n) is 2.32. The van der Waals surface area contributed by atoms with Crippen molar-refractivity contribution in [3.63, 3.8) is 0 Å². The van der Waals surface area contributed by atoms with Crippen LogP contribution in [0.5, 0.6) is 11.8 Å². The number of aromatic amines is 1. The van der Waals surface area contributed by atoms with Gasteiger partial charge in [0.05, 0.1) is 0 Å². The predicted molar refractivity (Wildman–Crippen MR) is 69.0 cm³/mol. The van der Waals surface area contributed by atoms with E-state index in [0.29, 0.717) is 17.3 Å². The van der Waals surface area contributed by atoms with Gasteiger partial charge in [0.2, 0.25) is 11.8 Å². The van der Waals surface area contributed by atoms with Crippen LogP contribution < -0.4 is 4.74 Å². The average Bonchev–Trinajstić information content (AvgIpc) is 2.83. The molecule has 0 atom stereocenters. The Bertz CT molecular complexity index is 654. The largest absolute Gasteiger partial charge is 0.418 e. The molecule has 2 aromatic rings. The van der Waals surface area contributed by atoms with E-state index >= 15 is 0 Å². The Labute approximate surface area is 111 Å². The van der Waals surface area contributed by atoms with Crippen LogP contribution in [0.4, 0.5) is 0 Å². The summed E-state index contributed by atoms with van der Waals surface area (Å²) in [6.07, 6.45) is 4.26. The normalized spacial score (nSPS) is 13.7. The number of nitriles is 1. The quantitative estimate of drug-likeness (QED) is 0.894. The van der Waals surface area contributed by atoms with Crippen LogP contribution in [0.3, 0.4) is 0 Å². The van der Waals surface area contributed by atoms with Crippen molar-refractivity contribution in [1.29, 1.82) is 5.26 Å². The first-order valence-electron chi connectivity index (χ1n) is 6.39. The highest BCUT2D eigenvalue weighted by Gasteiger charge is 2.17. The first-order valence-corrected chi connectivity index (χ1v) is 6.39. The summed E-state index contributed by atoms with van der Waals surface area (Å²) in [6.45, 7) is 1.89. The van der Waals surface area contributed by atoms with E-state index in [1.54, 1.807) is 6.07 Å². The number of fused-ring (bicyclic) bond motifs is 1. The van der Waals surface area contributed by atoms with Crippen molar-refractivity contribution in [2.24, 2.45) is 0 Å². The van der Waals surface area contributed by atoms with Gasteiger partial charge in [0.1, 0.15) is 11.6 Å². The standard InChI is InChI=1S/C14H14N4O/c1-9-6-13(18-17-9)19-14-11(8-15)7-10-4-2-3-5-12(10)16-14/h6-7H,2-5H2,1H3,(H,17,18). The molecule has 19 heavy (non-hydrogen) atoms. The van der Waals surface area contributed by atoms with Crippen molar-refractivity contribution in [2.75, 3.05) is 0 Å². The summed E-state index contributed by atoms with van der Waals surface area (Å²) >= 11 is 0. The number of pyridine rings is 1. The molecule has 1 N–H and O–H groups in total. The molecule has 0 aromatic carbocycles. The van der Waals surface area contributed by atoms with E-state index in [-0.39, 0.29) is 0 Å². The molecule has 0 saturated carbocycles. The lowest BCUT2D eigenvalue weighted by Crippen LogP contribution is -2.07. The highest BCUT2D eigenvalue weighted by Crippen LogP contribution is 2.28. The van der Waals surface area contributed by atoms with Crippen molar-refractivity contribution < 1.29 is 4.74 Å². The van der Waals surface area contributed by atoms with E-state index in [0.717, 1.165) is 37.1 Å². The first-order chi connectivity index (χ1) is 9.26. The predicted octanol–water partition coefficient (Wildman–Crippen LogP) is 2.66. The highest BCUT2D eigenvalue weighted by atomic mass is 16.5. The van der Waals surface area contributed by atoms with Gasteiger partial charge in [0, 0.05) is 17.5 Å². The minimum absolute atomic E-state index is 0.356. The van der Waals surface area contributed by atoms with Gasteiger partial charge in [-0.2, -0.15) is 5.26 Å². The van der Waals surface area contributed by atoms with Gasteiger partial charge < -0.3 is 4.74 Å². The second-order valence-electron chi connectivity index (χ2n) is 4.76. The Hall–Kier alpha value is -2.35. The van der Waals surface area contributed by atoms with Crippen LogP contribution in [0.1, 0.15) is 35.4 Å². The van der Waals surface area contributed by atoms with E-state index in [4.69, 9.17) is 4.74 Å². The number of hydrogen-bond donors (Lipinski definition) is 1. The summed E-state index contributed by atoms with van der Waals surface area (Å²) in [5.74, 6) is 0.798. The van der Waals surface area contributed by atoms with Gasteiger partial charge >= 0.3 is 0 Å². The Morgan fingerprint density at radius 3 is 2.89 bits per heavy atom. The van der Waals surface area contributed by atoms with Crippen molar-refractivity contribution in [3.05, 3.63) is 34.6 Å². The number of rotatable bonds is 2. The van der Waals surface area contributed by atoms with Gasteiger partial charge in [-0.3, -0.25) is 5.10 Å². The maximum absolute atomic E-state index is 9.21. The third-order valence-electron chi connectivity index (χ3n) is 3.27. The second kappa shape index (κ2) is 4.73. The number of hydrogen-bond acceptors (Lipinski definition) is 4. The van der Waals surface area contributed by atoms with Gasteiger partial charge in [0.25, 0.3) is 0 Å². The molecule has 0 spiro atoms. The van der Waals surface area contributed by atoms with E-state index in [2.05, 4.69) is 21.3 Å². The molecule has 2 heterocycles. The summed E-state index contributed by atoms with van der Waals surface area (Å²) in [6, 6.07) is 5.83. The molecule has 1 aliphatic carbocycles. The Kier molecular flexibility index (Phi) is 2.92. The maximum Gasteiger partial charge on any atom is 0.240 e. The van der Waals surface area contributed by atoms with Crippen LogP contribution in [0, 0.1) is 18.3 Å². The zero-order valence-corrected chi connectivity index (χ0v) is 10.7. The van der Waals surface area contributed by atoms with Gasteiger partial charge in [-0.15, -0.1) is 5.10 Å². The lowest BCUT2D eigenvalue weighted by atomic mass is 9.95. The van der Waals surface area contributed by atoms with Crippen molar-refractivity contribution >= 4 is 0 Å². The molecule has 0 unspecified atom stereocenters. The number of nitrogens with zero attached hydrogens (tertiary/aromatic N) is 3. The number of aryl methyl sites for hydroxylation is 3. The Morgan fingerprint density at radius 2 is 2.16 bits per heavy atom. The summed E-state index contributed by atoms with van der Waals surface area (Å²) in [5.41, 5.74) is 3.61. The van der Waals surface area contributed by atoms with Crippen LogP contribution in [0.15, 0.2) is 12.1 Å². The molecule has 0 aliphatic heterocycles. The van der Waals surface area contributed by atoms with Gasteiger partial charge in [-0.05, 0) is 44.2 Å². The number of H-pyrrole nitrogens is 1. The fourth-order valence-corrected chi connectivity index (χ4v) is 2.32. The lowest BCUT2D eigenvalue weighted by Gasteiger charge is -2.16. The number of ether oxygens (including phenoxy) is 1. The van der Waals surface area contributed by atoms with Crippen molar-refractivity contribution in [2.45, 2.75) is 32.6 Å². The average molecular weight is 254 g/mol. The zero-order chi connectivity index (χ0) is 13.2.